The maximum atomic E-state index is 12.2. The lowest BCUT2D eigenvalue weighted by molar-refractivity contribution is -0.148. The average Bonchev–Trinajstić information content (AvgIpc) is 2.36. The Bertz CT molecular complexity index is 505. The summed E-state index contributed by atoms with van der Waals surface area (Å²) in [6, 6.07) is 7.57. The van der Waals surface area contributed by atoms with Gasteiger partial charge in [-0.05, 0) is 39.3 Å². The number of hydrogen-bond donors (Lipinski definition) is 1. The average molecular weight is 293 g/mol. The number of carboxylic acids is 1. The molecule has 0 atom stereocenters. The van der Waals surface area contributed by atoms with Gasteiger partial charge in [-0.15, -0.1) is 0 Å². The summed E-state index contributed by atoms with van der Waals surface area (Å²) >= 11 is 0. The quantitative estimate of drug-likeness (QED) is 0.875. The topological polar surface area (TPSA) is 66.8 Å². The SMILES string of the molecule is Cc1ccccc1OCCC(=O)N(CC(=O)O)C(C)(C)C. The minimum absolute atomic E-state index is 0.152. The van der Waals surface area contributed by atoms with Crippen molar-refractivity contribution in [1.29, 1.82) is 0 Å². The third-order valence-corrected chi connectivity index (χ3v) is 3.07. The van der Waals surface area contributed by atoms with E-state index in [1.54, 1.807) is 0 Å². The van der Waals surface area contributed by atoms with Crippen LogP contribution in [0.1, 0.15) is 32.8 Å². The highest BCUT2D eigenvalue weighted by molar-refractivity contribution is 5.82. The summed E-state index contributed by atoms with van der Waals surface area (Å²) in [5.74, 6) is -0.498. The molecule has 1 amide bonds. The molecule has 0 aromatic heterocycles. The van der Waals surface area contributed by atoms with Gasteiger partial charge in [0.05, 0.1) is 13.0 Å². The van der Waals surface area contributed by atoms with Crippen LogP contribution < -0.4 is 4.74 Å². The minimum Gasteiger partial charge on any atom is -0.493 e. The Kier molecular flexibility index (Phi) is 5.76. The van der Waals surface area contributed by atoms with Crippen molar-refractivity contribution in [1.82, 2.24) is 4.90 Å². The van der Waals surface area contributed by atoms with Gasteiger partial charge in [0, 0.05) is 5.54 Å². The summed E-state index contributed by atoms with van der Waals surface area (Å²) in [5.41, 5.74) is 0.473. The molecule has 5 heteroatoms. The second-order valence-electron chi connectivity index (χ2n) is 5.91. The van der Waals surface area contributed by atoms with Gasteiger partial charge < -0.3 is 14.7 Å². The van der Waals surface area contributed by atoms with Gasteiger partial charge in [0.15, 0.2) is 0 Å². The number of aliphatic carboxylic acids is 1. The molecule has 1 rings (SSSR count). The number of aryl methyl sites for hydroxylation is 1. The Morgan fingerprint density at radius 2 is 1.86 bits per heavy atom. The first-order valence-electron chi connectivity index (χ1n) is 6.92. The smallest absolute Gasteiger partial charge is 0.323 e. The van der Waals surface area contributed by atoms with Gasteiger partial charge in [-0.2, -0.15) is 0 Å². The molecule has 5 nitrogen and oxygen atoms in total. The molecule has 0 aliphatic carbocycles. The molecular formula is C16H23NO4. The summed E-state index contributed by atoms with van der Waals surface area (Å²) in [6.45, 7) is 7.31. The van der Waals surface area contributed by atoms with E-state index in [2.05, 4.69) is 0 Å². The molecule has 0 radical (unpaired) electrons. The van der Waals surface area contributed by atoms with Crippen molar-refractivity contribution in [3.05, 3.63) is 29.8 Å². The molecule has 1 N–H and O–H groups in total. The fraction of sp³-hybridized carbons (Fsp3) is 0.500. The molecule has 1 aromatic carbocycles. The van der Waals surface area contributed by atoms with Crippen LogP contribution >= 0.6 is 0 Å². The molecule has 0 saturated carbocycles. The normalized spacial score (nSPS) is 11.0. The van der Waals surface area contributed by atoms with Crippen molar-refractivity contribution < 1.29 is 19.4 Å². The van der Waals surface area contributed by atoms with Crippen LogP contribution in [0.5, 0.6) is 5.75 Å². The molecule has 116 valence electrons. The number of carbonyl (C=O) groups is 2. The molecular weight excluding hydrogens is 270 g/mol. The number of hydrogen-bond acceptors (Lipinski definition) is 3. The number of benzene rings is 1. The van der Waals surface area contributed by atoms with E-state index >= 15 is 0 Å². The second kappa shape index (κ2) is 7.11. The molecule has 0 aliphatic rings. The summed E-state index contributed by atoms with van der Waals surface area (Å²) in [4.78, 5) is 24.4. The number of carboxylic acid groups (broad SMARTS) is 1. The number of carbonyl (C=O) groups excluding carboxylic acids is 1. The van der Waals surface area contributed by atoms with Crippen molar-refractivity contribution >= 4 is 11.9 Å². The summed E-state index contributed by atoms with van der Waals surface area (Å²) in [6.07, 6.45) is 0.152. The largest absolute Gasteiger partial charge is 0.493 e. The van der Waals surface area contributed by atoms with Crippen molar-refractivity contribution in [2.45, 2.75) is 39.7 Å². The van der Waals surface area contributed by atoms with Crippen LogP contribution in [-0.4, -0.2) is 40.6 Å². The van der Waals surface area contributed by atoms with E-state index in [9.17, 15) is 9.59 Å². The maximum absolute atomic E-state index is 12.2. The van der Waals surface area contributed by atoms with Gasteiger partial charge in [-0.25, -0.2) is 0 Å². The third-order valence-electron chi connectivity index (χ3n) is 3.07. The Morgan fingerprint density at radius 1 is 1.24 bits per heavy atom. The highest BCUT2D eigenvalue weighted by Gasteiger charge is 2.28. The molecule has 0 saturated heterocycles. The minimum atomic E-state index is -1.02. The Balaban J connectivity index is 2.58. The molecule has 0 bridgehead atoms. The zero-order chi connectivity index (χ0) is 16.0. The molecule has 0 heterocycles. The summed E-state index contributed by atoms with van der Waals surface area (Å²) in [7, 11) is 0. The number of ether oxygens (including phenoxy) is 1. The zero-order valence-electron chi connectivity index (χ0n) is 13.0. The van der Waals surface area contributed by atoms with Gasteiger partial charge in [-0.3, -0.25) is 9.59 Å². The number of amides is 1. The van der Waals surface area contributed by atoms with E-state index in [0.717, 1.165) is 11.3 Å². The summed E-state index contributed by atoms with van der Waals surface area (Å²) < 4.78 is 5.58. The molecule has 0 unspecified atom stereocenters. The Morgan fingerprint density at radius 3 is 2.38 bits per heavy atom. The van der Waals surface area contributed by atoms with Gasteiger partial charge in [0.1, 0.15) is 12.3 Å². The van der Waals surface area contributed by atoms with Gasteiger partial charge in [0.2, 0.25) is 5.91 Å². The Hall–Kier alpha value is -2.04. The van der Waals surface area contributed by atoms with Crippen LogP contribution in [0.3, 0.4) is 0 Å². The zero-order valence-corrected chi connectivity index (χ0v) is 13.0. The number of para-hydroxylation sites is 1. The van der Waals surface area contributed by atoms with Crippen LogP contribution in [0, 0.1) is 6.92 Å². The highest BCUT2D eigenvalue weighted by atomic mass is 16.5. The second-order valence-corrected chi connectivity index (χ2v) is 5.91. The van der Waals surface area contributed by atoms with Crippen LogP contribution in [0.15, 0.2) is 24.3 Å². The van der Waals surface area contributed by atoms with E-state index in [1.807, 2.05) is 52.0 Å². The number of nitrogens with zero attached hydrogens (tertiary/aromatic N) is 1. The fourth-order valence-electron chi connectivity index (χ4n) is 1.94. The van der Waals surface area contributed by atoms with Crippen molar-refractivity contribution in [3.63, 3.8) is 0 Å². The first-order valence-corrected chi connectivity index (χ1v) is 6.92. The van der Waals surface area contributed by atoms with E-state index < -0.39 is 11.5 Å². The standard InChI is InChI=1S/C16H23NO4/c1-12-7-5-6-8-13(12)21-10-9-14(18)17(11-15(19)20)16(2,3)4/h5-8H,9-11H2,1-4H3,(H,19,20). The summed E-state index contributed by atoms with van der Waals surface area (Å²) in [5, 5.41) is 8.91. The molecule has 21 heavy (non-hydrogen) atoms. The van der Waals surface area contributed by atoms with E-state index in [0.29, 0.717) is 0 Å². The first-order chi connectivity index (χ1) is 9.71. The predicted octanol–water partition coefficient (Wildman–Crippen LogP) is 2.48. The van der Waals surface area contributed by atoms with Gasteiger partial charge in [-0.1, -0.05) is 18.2 Å². The van der Waals surface area contributed by atoms with E-state index in [-0.39, 0.29) is 25.5 Å². The Labute approximate surface area is 125 Å². The van der Waals surface area contributed by atoms with Gasteiger partial charge >= 0.3 is 5.97 Å². The van der Waals surface area contributed by atoms with Gasteiger partial charge in [0.25, 0.3) is 0 Å². The predicted molar refractivity (Wildman–Crippen MR) is 80.4 cm³/mol. The fourth-order valence-corrected chi connectivity index (χ4v) is 1.94. The maximum Gasteiger partial charge on any atom is 0.323 e. The van der Waals surface area contributed by atoms with Crippen LogP contribution in [0.2, 0.25) is 0 Å². The molecule has 0 aliphatic heterocycles. The lowest BCUT2D eigenvalue weighted by Gasteiger charge is -2.34. The van der Waals surface area contributed by atoms with Crippen molar-refractivity contribution in [2.24, 2.45) is 0 Å². The monoisotopic (exact) mass is 293 g/mol. The van der Waals surface area contributed by atoms with Crippen LogP contribution in [0.4, 0.5) is 0 Å². The third kappa shape index (κ3) is 5.45. The lowest BCUT2D eigenvalue weighted by atomic mass is 10.1. The molecule has 0 spiro atoms. The lowest BCUT2D eigenvalue weighted by Crippen LogP contribution is -2.48. The molecule has 0 fully saturated rings. The van der Waals surface area contributed by atoms with Crippen LogP contribution in [-0.2, 0) is 9.59 Å². The first kappa shape index (κ1) is 17.0. The van der Waals surface area contributed by atoms with E-state index in [1.165, 1.54) is 4.90 Å². The molecule has 1 aromatic rings. The van der Waals surface area contributed by atoms with Crippen LogP contribution in [0.25, 0.3) is 0 Å². The highest BCUT2D eigenvalue weighted by Crippen LogP contribution is 2.18. The van der Waals surface area contributed by atoms with Crippen molar-refractivity contribution in [2.75, 3.05) is 13.2 Å². The number of rotatable bonds is 6. The van der Waals surface area contributed by atoms with E-state index in [4.69, 9.17) is 9.84 Å². The van der Waals surface area contributed by atoms with Crippen molar-refractivity contribution in [3.8, 4) is 5.75 Å².